The molecule has 2 N–H and O–H groups in total. The van der Waals surface area contributed by atoms with Crippen LogP contribution in [0.3, 0.4) is 0 Å². The summed E-state index contributed by atoms with van der Waals surface area (Å²) in [4.78, 5) is 54.0. The third kappa shape index (κ3) is 5.11. The Morgan fingerprint density at radius 1 is 1.03 bits per heavy atom. The fraction of sp³-hybridized carbons (Fsp3) is 0.333. The van der Waals surface area contributed by atoms with Crippen molar-refractivity contribution < 1.29 is 29.0 Å². The van der Waals surface area contributed by atoms with Crippen LogP contribution in [-0.2, 0) is 14.3 Å². The van der Waals surface area contributed by atoms with Gasteiger partial charge < -0.3 is 19.6 Å². The van der Waals surface area contributed by atoms with Crippen molar-refractivity contribution in [1.82, 2.24) is 4.98 Å². The lowest BCUT2D eigenvalue weighted by Crippen LogP contribution is -2.27. The number of cyclic esters (lactones) is 1. The zero-order valence-electron chi connectivity index (χ0n) is 21.1. The minimum absolute atomic E-state index is 0.0415. The number of hydrogen-bond acceptors (Lipinski definition) is 7. The number of carbonyl (C=O) groups excluding carboxylic acids is 3. The first-order chi connectivity index (χ1) is 18.3. The van der Waals surface area contributed by atoms with Gasteiger partial charge in [0, 0.05) is 35.4 Å². The average molecular weight is 516 g/mol. The van der Waals surface area contributed by atoms with Crippen LogP contribution in [0.5, 0.6) is 11.5 Å². The van der Waals surface area contributed by atoms with Gasteiger partial charge in [-0.2, -0.15) is 0 Å². The molecule has 38 heavy (non-hydrogen) atoms. The number of phenols is 1. The Morgan fingerprint density at radius 3 is 2.66 bits per heavy atom. The smallest absolute Gasteiger partial charge is 0.342 e. The number of fused-ring (bicyclic) bond motifs is 3. The predicted molar refractivity (Wildman–Crippen MR) is 141 cm³/mol. The first-order valence-corrected chi connectivity index (χ1v) is 12.9. The van der Waals surface area contributed by atoms with E-state index < -0.39 is 24.0 Å². The topological polar surface area (TPSA) is 123 Å². The molecule has 0 bridgehead atoms. The summed E-state index contributed by atoms with van der Waals surface area (Å²) in [7, 11) is 0. The van der Waals surface area contributed by atoms with Gasteiger partial charge in [-0.05, 0) is 61.8 Å². The molecule has 2 aliphatic rings. The first-order valence-electron chi connectivity index (χ1n) is 12.9. The summed E-state index contributed by atoms with van der Waals surface area (Å²) in [6.45, 7) is 1.75. The second kappa shape index (κ2) is 10.7. The number of para-hydroxylation sites is 1. The number of phenolic OH excluding ortho intramolecular Hbond substituents is 1. The van der Waals surface area contributed by atoms with Gasteiger partial charge >= 0.3 is 11.9 Å². The number of allylic oxidation sites excluding steroid dienone is 1. The maximum atomic E-state index is 13.3. The van der Waals surface area contributed by atoms with Crippen molar-refractivity contribution in [3.05, 3.63) is 75.1 Å². The van der Waals surface area contributed by atoms with Crippen LogP contribution in [0.2, 0.25) is 0 Å². The van der Waals surface area contributed by atoms with E-state index in [0.29, 0.717) is 55.2 Å². The van der Waals surface area contributed by atoms with Crippen molar-refractivity contribution in [2.75, 3.05) is 0 Å². The van der Waals surface area contributed by atoms with Crippen molar-refractivity contribution >= 4 is 34.7 Å². The number of Topliss-reactive ketones (excluding diaryl/α,β-unsaturated/α-hetero) is 1. The minimum atomic E-state index is -0.821. The normalized spacial score (nSPS) is 21.6. The number of pyridine rings is 1. The standard InChI is InChI=1S/C30H29NO7/c1-17-8-7-12-20(32)11-4-2-3-10-19-15-24-27(28(34)26(19)30(36)37-17)21(16-25(33)38-24)22-14-18-9-5-6-13-23(18)31-29(22)35/h3,5-6,9-10,13-15,17,21,34H,2,4,7-8,11-12,16H2,1H3,(H,31,35)/b10-3+/t17-,21?/m0/s1. The van der Waals surface area contributed by atoms with Gasteiger partial charge in [0.15, 0.2) is 0 Å². The number of benzene rings is 2. The number of ketones is 1. The summed E-state index contributed by atoms with van der Waals surface area (Å²) in [6.07, 6.45) is 6.14. The van der Waals surface area contributed by atoms with Gasteiger partial charge in [-0.3, -0.25) is 14.4 Å². The van der Waals surface area contributed by atoms with Crippen LogP contribution in [0.25, 0.3) is 17.0 Å². The second-order valence-corrected chi connectivity index (χ2v) is 9.91. The Hall–Kier alpha value is -4.20. The molecule has 8 nitrogen and oxygen atoms in total. The molecule has 5 rings (SSSR count). The number of nitrogens with one attached hydrogen (secondary N) is 1. The lowest BCUT2D eigenvalue weighted by Gasteiger charge is -2.27. The summed E-state index contributed by atoms with van der Waals surface area (Å²) in [5.41, 5.74) is 1.05. The highest BCUT2D eigenvalue weighted by molar-refractivity contribution is 5.98. The Labute approximate surface area is 219 Å². The molecule has 0 radical (unpaired) electrons. The van der Waals surface area contributed by atoms with Crippen LogP contribution >= 0.6 is 0 Å². The predicted octanol–water partition coefficient (Wildman–Crippen LogP) is 5.16. The molecule has 8 heteroatoms. The summed E-state index contributed by atoms with van der Waals surface area (Å²) in [6, 6.07) is 10.5. The van der Waals surface area contributed by atoms with E-state index in [-0.39, 0.29) is 40.4 Å². The second-order valence-electron chi connectivity index (χ2n) is 9.91. The van der Waals surface area contributed by atoms with E-state index in [9.17, 15) is 24.3 Å². The highest BCUT2D eigenvalue weighted by Crippen LogP contribution is 2.46. The lowest BCUT2D eigenvalue weighted by atomic mass is 9.83. The Kier molecular flexibility index (Phi) is 7.13. The van der Waals surface area contributed by atoms with Crippen LogP contribution in [0, 0.1) is 0 Å². The van der Waals surface area contributed by atoms with E-state index in [1.165, 1.54) is 6.07 Å². The van der Waals surface area contributed by atoms with E-state index in [1.807, 2.05) is 24.3 Å². The Bertz CT molecular complexity index is 1520. The van der Waals surface area contributed by atoms with Gasteiger partial charge in [-0.15, -0.1) is 0 Å². The van der Waals surface area contributed by atoms with Gasteiger partial charge in [0.25, 0.3) is 5.56 Å². The molecule has 0 saturated carbocycles. The zero-order valence-corrected chi connectivity index (χ0v) is 21.1. The molecular weight excluding hydrogens is 486 g/mol. The number of ether oxygens (including phenoxy) is 2. The molecule has 0 aliphatic carbocycles. The molecule has 2 atom stereocenters. The molecule has 0 fully saturated rings. The monoisotopic (exact) mass is 515 g/mol. The number of hydrogen-bond donors (Lipinski definition) is 2. The van der Waals surface area contributed by atoms with Crippen molar-refractivity contribution in [2.24, 2.45) is 0 Å². The molecule has 1 unspecified atom stereocenters. The van der Waals surface area contributed by atoms with Gasteiger partial charge in [-0.1, -0.05) is 30.4 Å². The molecule has 0 amide bonds. The average Bonchev–Trinajstić information content (AvgIpc) is 2.87. The first kappa shape index (κ1) is 25.4. The Morgan fingerprint density at radius 2 is 1.82 bits per heavy atom. The number of aromatic amines is 1. The summed E-state index contributed by atoms with van der Waals surface area (Å²) >= 11 is 0. The number of aromatic hydroxyl groups is 1. The molecule has 0 saturated heterocycles. The van der Waals surface area contributed by atoms with Crippen LogP contribution in [0.1, 0.15) is 84.8 Å². The van der Waals surface area contributed by atoms with Crippen LogP contribution in [0.4, 0.5) is 0 Å². The van der Waals surface area contributed by atoms with E-state index in [4.69, 9.17) is 9.47 Å². The van der Waals surface area contributed by atoms with E-state index >= 15 is 0 Å². The van der Waals surface area contributed by atoms with Gasteiger partial charge in [0.1, 0.15) is 22.8 Å². The quantitative estimate of drug-likeness (QED) is 0.339. The highest BCUT2D eigenvalue weighted by Gasteiger charge is 2.36. The number of esters is 2. The highest BCUT2D eigenvalue weighted by atomic mass is 16.5. The summed E-state index contributed by atoms with van der Waals surface area (Å²) < 4.78 is 11.1. The van der Waals surface area contributed by atoms with Crippen LogP contribution in [0.15, 0.2) is 47.3 Å². The molecule has 3 heterocycles. The Balaban J connectivity index is 1.64. The fourth-order valence-corrected chi connectivity index (χ4v) is 5.21. The van der Waals surface area contributed by atoms with Gasteiger partial charge in [0.2, 0.25) is 0 Å². The zero-order chi connectivity index (χ0) is 26.8. The summed E-state index contributed by atoms with van der Waals surface area (Å²) in [5, 5.41) is 12.3. The van der Waals surface area contributed by atoms with E-state index in [1.54, 1.807) is 25.1 Å². The fourth-order valence-electron chi connectivity index (χ4n) is 5.21. The molecule has 0 spiro atoms. The van der Waals surface area contributed by atoms with Crippen molar-refractivity contribution in [1.29, 1.82) is 0 Å². The number of H-pyrrole nitrogens is 1. The molecular formula is C30H29NO7. The van der Waals surface area contributed by atoms with Crippen molar-refractivity contribution in [3.63, 3.8) is 0 Å². The molecule has 3 aromatic rings. The molecule has 2 aliphatic heterocycles. The van der Waals surface area contributed by atoms with Crippen molar-refractivity contribution in [2.45, 2.75) is 63.9 Å². The van der Waals surface area contributed by atoms with E-state index in [0.717, 1.165) is 5.39 Å². The summed E-state index contributed by atoms with van der Waals surface area (Å²) in [5.74, 6) is -2.18. The van der Waals surface area contributed by atoms with Crippen LogP contribution in [-0.4, -0.2) is 33.9 Å². The maximum absolute atomic E-state index is 13.3. The SMILES string of the molecule is C[C@H]1CCCC(=O)CCC/C=C/c2cc3c(c(O)c2C(=O)O1)C(c1cc2ccccc2[nH]c1=O)CC(=O)O3. The van der Waals surface area contributed by atoms with E-state index in [2.05, 4.69) is 4.98 Å². The lowest BCUT2D eigenvalue weighted by molar-refractivity contribution is -0.135. The molecule has 196 valence electrons. The van der Waals surface area contributed by atoms with Gasteiger partial charge in [-0.25, -0.2) is 4.79 Å². The number of rotatable bonds is 1. The third-order valence-corrected chi connectivity index (χ3v) is 7.14. The largest absolute Gasteiger partial charge is 0.507 e. The maximum Gasteiger partial charge on any atom is 0.342 e. The van der Waals surface area contributed by atoms with Gasteiger partial charge in [0.05, 0.1) is 12.5 Å². The number of carbonyl (C=O) groups is 3. The molecule has 2 aromatic carbocycles. The molecule has 1 aromatic heterocycles. The minimum Gasteiger partial charge on any atom is -0.507 e. The van der Waals surface area contributed by atoms with Crippen molar-refractivity contribution in [3.8, 4) is 11.5 Å². The number of aromatic nitrogens is 1. The third-order valence-electron chi connectivity index (χ3n) is 7.14. The van der Waals surface area contributed by atoms with Crippen LogP contribution < -0.4 is 10.3 Å².